The molecule has 1 heterocycles. The van der Waals surface area contributed by atoms with Gasteiger partial charge in [-0.1, -0.05) is 0 Å². The van der Waals surface area contributed by atoms with Crippen LogP contribution in [-0.2, 0) is 13.5 Å². The monoisotopic (exact) mass is 246 g/mol. The van der Waals surface area contributed by atoms with Crippen LogP contribution in [0.25, 0.3) is 0 Å². The molecule has 0 aliphatic rings. The summed E-state index contributed by atoms with van der Waals surface area (Å²) in [4.78, 5) is 10.7. The zero-order valence-corrected chi connectivity index (χ0v) is 10.0. The van der Waals surface area contributed by atoms with Crippen LogP contribution in [0.3, 0.4) is 0 Å². The second-order valence-electron chi connectivity index (χ2n) is 3.95. The summed E-state index contributed by atoms with van der Waals surface area (Å²) in [6, 6.07) is 6.38. The van der Waals surface area contributed by atoms with Crippen molar-refractivity contribution in [2.24, 2.45) is 7.05 Å². The molecule has 0 saturated heterocycles. The number of nitrogens with zero attached hydrogens (tertiary/aromatic N) is 2. The van der Waals surface area contributed by atoms with E-state index in [1.54, 1.807) is 23.0 Å². The van der Waals surface area contributed by atoms with Crippen molar-refractivity contribution in [2.45, 2.75) is 6.42 Å². The Kier molecular flexibility index (Phi) is 3.62. The SMILES string of the molecule is Cn1cc(CCOc2ccc(C(=O)O)cc2)cn1. The number of aryl methyl sites for hydroxylation is 1. The van der Waals surface area contributed by atoms with Gasteiger partial charge < -0.3 is 9.84 Å². The highest BCUT2D eigenvalue weighted by Gasteiger charge is 2.02. The fourth-order valence-electron chi connectivity index (χ4n) is 1.58. The number of aromatic carboxylic acids is 1. The van der Waals surface area contributed by atoms with Crippen molar-refractivity contribution in [1.29, 1.82) is 0 Å². The maximum atomic E-state index is 10.7. The first-order chi connectivity index (χ1) is 8.65. The quantitative estimate of drug-likeness (QED) is 0.872. The van der Waals surface area contributed by atoms with Gasteiger partial charge in [0.15, 0.2) is 0 Å². The van der Waals surface area contributed by atoms with Crippen molar-refractivity contribution >= 4 is 5.97 Å². The molecule has 0 unspecified atom stereocenters. The summed E-state index contributed by atoms with van der Waals surface area (Å²) in [5.74, 6) is -0.263. The van der Waals surface area contributed by atoms with E-state index in [0.717, 1.165) is 12.0 Å². The summed E-state index contributed by atoms with van der Waals surface area (Å²) in [6.45, 7) is 0.540. The molecule has 1 aromatic heterocycles. The van der Waals surface area contributed by atoms with Crippen LogP contribution < -0.4 is 4.74 Å². The van der Waals surface area contributed by atoms with Gasteiger partial charge in [-0.2, -0.15) is 5.10 Å². The molecule has 0 aliphatic carbocycles. The van der Waals surface area contributed by atoms with Crippen LogP contribution in [0.1, 0.15) is 15.9 Å². The fourth-order valence-corrected chi connectivity index (χ4v) is 1.58. The summed E-state index contributed by atoms with van der Waals surface area (Å²) in [5, 5.41) is 12.8. The van der Waals surface area contributed by atoms with Gasteiger partial charge in [0.05, 0.1) is 18.4 Å². The highest BCUT2D eigenvalue weighted by Crippen LogP contribution is 2.12. The molecule has 5 heteroatoms. The third kappa shape index (κ3) is 3.10. The number of carboxylic acids is 1. The highest BCUT2D eigenvalue weighted by molar-refractivity contribution is 5.87. The largest absolute Gasteiger partial charge is 0.493 e. The fraction of sp³-hybridized carbons (Fsp3) is 0.231. The van der Waals surface area contributed by atoms with Crippen LogP contribution in [0.2, 0.25) is 0 Å². The smallest absolute Gasteiger partial charge is 0.335 e. The zero-order chi connectivity index (χ0) is 13.0. The van der Waals surface area contributed by atoms with Gasteiger partial charge >= 0.3 is 5.97 Å². The molecule has 0 bridgehead atoms. The van der Waals surface area contributed by atoms with Crippen molar-refractivity contribution in [3.8, 4) is 5.75 Å². The molecule has 2 aromatic rings. The van der Waals surface area contributed by atoms with Gasteiger partial charge in [0.25, 0.3) is 0 Å². The van der Waals surface area contributed by atoms with E-state index in [4.69, 9.17) is 9.84 Å². The highest BCUT2D eigenvalue weighted by atomic mass is 16.5. The lowest BCUT2D eigenvalue weighted by Crippen LogP contribution is -2.01. The average molecular weight is 246 g/mol. The normalized spacial score (nSPS) is 10.3. The third-order valence-electron chi connectivity index (χ3n) is 2.52. The molecular weight excluding hydrogens is 232 g/mol. The predicted molar refractivity (Wildman–Crippen MR) is 65.8 cm³/mol. The number of carbonyl (C=O) groups is 1. The van der Waals surface area contributed by atoms with Gasteiger partial charge in [0, 0.05) is 19.7 Å². The predicted octanol–water partition coefficient (Wildman–Crippen LogP) is 1.74. The molecule has 0 amide bonds. The zero-order valence-electron chi connectivity index (χ0n) is 10.0. The lowest BCUT2D eigenvalue weighted by Gasteiger charge is -2.05. The maximum Gasteiger partial charge on any atom is 0.335 e. The molecule has 2 rings (SSSR count). The van der Waals surface area contributed by atoms with E-state index < -0.39 is 5.97 Å². The van der Waals surface area contributed by atoms with Gasteiger partial charge in [-0.3, -0.25) is 4.68 Å². The molecule has 0 aliphatic heterocycles. The first-order valence-electron chi connectivity index (χ1n) is 5.59. The Bertz CT molecular complexity index is 531. The molecule has 94 valence electrons. The summed E-state index contributed by atoms with van der Waals surface area (Å²) >= 11 is 0. The van der Waals surface area contributed by atoms with E-state index in [-0.39, 0.29) is 5.56 Å². The second-order valence-corrected chi connectivity index (χ2v) is 3.95. The van der Waals surface area contributed by atoms with Gasteiger partial charge in [0.2, 0.25) is 0 Å². The number of carboxylic acid groups (broad SMARTS) is 1. The molecule has 18 heavy (non-hydrogen) atoms. The number of hydrogen-bond donors (Lipinski definition) is 1. The minimum atomic E-state index is -0.933. The summed E-state index contributed by atoms with van der Waals surface area (Å²) in [6.07, 6.45) is 4.52. The number of hydrogen-bond acceptors (Lipinski definition) is 3. The van der Waals surface area contributed by atoms with Crippen LogP contribution in [0, 0.1) is 0 Å². The number of benzene rings is 1. The Hall–Kier alpha value is -2.30. The molecule has 1 N–H and O–H groups in total. The standard InChI is InChI=1S/C13H14N2O3/c1-15-9-10(8-14-15)6-7-18-12-4-2-11(3-5-12)13(16)17/h2-5,8-9H,6-7H2,1H3,(H,16,17). The minimum Gasteiger partial charge on any atom is -0.493 e. The van der Waals surface area contributed by atoms with Gasteiger partial charge in [-0.15, -0.1) is 0 Å². The average Bonchev–Trinajstić information content (AvgIpc) is 2.76. The first-order valence-corrected chi connectivity index (χ1v) is 5.59. The van der Waals surface area contributed by atoms with Crippen molar-refractivity contribution in [3.05, 3.63) is 47.8 Å². The molecule has 5 nitrogen and oxygen atoms in total. The second kappa shape index (κ2) is 5.35. The van der Waals surface area contributed by atoms with Crippen molar-refractivity contribution in [2.75, 3.05) is 6.61 Å². The number of ether oxygens (including phenoxy) is 1. The van der Waals surface area contributed by atoms with Crippen molar-refractivity contribution < 1.29 is 14.6 Å². The van der Waals surface area contributed by atoms with Crippen molar-refractivity contribution in [3.63, 3.8) is 0 Å². The molecule has 0 saturated carbocycles. The van der Waals surface area contributed by atoms with E-state index in [1.807, 2.05) is 13.2 Å². The Morgan fingerprint density at radius 1 is 1.39 bits per heavy atom. The molecule has 0 fully saturated rings. The summed E-state index contributed by atoms with van der Waals surface area (Å²) in [5.41, 5.74) is 1.37. The van der Waals surface area contributed by atoms with E-state index in [2.05, 4.69) is 5.10 Å². The number of aromatic nitrogens is 2. The Morgan fingerprint density at radius 3 is 2.67 bits per heavy atom. The Labute approximate surface area is 105 Å². The van der Waals surface area contributed by atoms with Crippen LogP contribution in [0.4, 0.5) is 0 Å². The maximum absolute atomic E-state index is 10.7. The van der Waals surface area contributed by atoms with E-state index in [1.165, 1.54) is 12.1 Å². The third-order valence-corrected chi connectivity index (χ3v) is 2.52. The first kappa shape index (κ1) is 12.2. The van der Waals surface area contributed by atoms with Crippen LogP contribution in [0.15, 0.2) is 36.7 Å². The van der Waals surface area contributed by atoms with E-state index in [0.29, 0.717) is 12.4 Å². The topological polar surface area (TPSA) is 64.3 Å². The molecule has 0 radical (unpaired) electrons. The van der Waals surface area contributed by atoms with E-state index in [9.17, 15) is 4.79 Å². The van der Waals surface area contributed by atoms with E-state index >= 15 is 0 Å². The van der Waals surface area contributed by atoms with Gasteiger partial charge in [-0.25, -0.2) is 4.79 Å². The van der Waals surface area contributed by atoms with Crippen molar-refractivity contribution in [1.82, 2.24) is 9.78 Å². The lowest BCUT2D eigenvalue weighted by atomic mass is 10.2. The summed E-state index contributed by atoms with van der Waals surface area (Å²) in [7, 11) is 1.87. The molecular formula is C13H14N2O3. The van der Waals surface area contributed by atoms with Gasteiger partial charge in [0.1, 0.15) is 5.75 Å². The lowest BCUT2D eigenvalue weighted by molar-refractivity contribution is 0.0697. The summed E-state index contributed by atoms with van der Waals surface area (Å²) < 4.78 is 7.27. The molecule has 0 atom stereocenters. The number of rotatable bonds is 5. The Morgan fingerprint density at radius 2 is 2.11 bits per heavy atom. The van der Waals surface area contributed by atoms with Crippen LogP contribution in [-0.4, -0.2) is 27.5 Å². The Balaban J connectivity index is 1.85. The molecule has 0 spiro atoms. The minimum absolute atomic E-state index is 0.259. The molecule has 1 aromatic carbocycles. The van der Waals surface area contributed by atoms with Gasteiger partial charge in [-0.05, 0) is 29.8 Å². The van der Waals surface area contributed by atoms with Crippen LogP contribution in [0.5, 0.6) is 5.75 Å². The van der Waals surface area contributed by atoms with Crippen LogP contribution >= 0.6 is 0 Å².